The molecule has 0 radical (unpaired) electrons. The molecule has 1 aromatic rings. The van der Waals surface area contributed by atoms with E-state index in [0.29, 0.717) is 18.3 Å². The average Bonchev–Trinajstić information content (AvgIpc) is 2.91. The van der Waals surface area contributed by atoms with Crippen LogP contribution in [0.1, 0.15) is 32.3 Å². The molecule has 120 valence electrons. The SMILES string of the molecule is CC(C)C1COC(=O)N1c1ccc(CC2CCNCC2)cn1. The molecule has 1 N–H and O–H groups in total. The number of hydrogen-bond donors (Lipinski definition) is 1. The number of carbonyl (C=O) groups is 1. The van der Waals surface area contributed by atoms with E-state index in [4.69, 9.17) is 4.74 Å². The predicted molar refractivity (Wildman–Crippen MR) is 86.0 cm³/mol. The maximum atomic E-state index is 11.9. The van der Waals surface area contributed by atoms with Crippen molar-refractivity contribution in [3.8, 4) is 0 Å². The lowest BCUT2D eigenvalue weighted by atomic mass is 9.92. The summed E-state index contributed by atoms with van der Waals surface area (Å²) in [6.45, 7) is 6.89. The number of cyclic esters (lactones) is 1. The van der Waals surface area contributed by atoms with Crippen LogP contribution in [0.15, 0.2) is 18.3 Å². The van der Waals surface area contributed by atoms with Crippen LogP contribution in [0.5, 0.6) is 0 Å². The van der Waals surface area contributed by atoms with Crippen LogP contribution in [0.2, 0.25) is 0 Å². The van der Waals surface area contributed by atoms with Gasteiger partial charge in [0.05, 0.1) is 6.04 Å². The normalized spacial score (nSPS) is 23.1. The molecule has 1 atom stereocenters. The summed E-state index contributed by atoms with van der Waals surface area (Å²) in [5.74, 6) is 1.80. The number of hydrogen-bond acceptors (Lipinski definition) is 4. The first kappa shape index (κ1) is 15.3. The van der Waals surface area contributed by atoms with Crippen molar-refractivity contribution in [2.45, 2.75) is 39.2 Å². The van der Waals surface area contributed by atoms with Gasteiger partial charge in [-0.2, -0.15) is 0 Å². The van der Waals surface area contributed by atoms with Crippen LogP contribution in [-0.4, -0.2) is 36.8 Å². The van der Waals surface area contributed by atoms with E-state index in [-0.39, 0.29) is 12.1 Å². The molecule has 0 bridgehead atoms. The highest BCUT2D eigenvalue weighted by Crippen LogP contribution is 2.26. The van der Waals surface area contributed by atoms with Gasteiger partial charge in [0.15, 0.2) is 0 Å². The number of ether oxygens (including phenoxy) is 1. The minimum absolute atomic E-state index is 0.0790. The summed E-state index contributed by atoms with van der Waals surface area (Å²) >= 11 is 0. The first-order valence-electron chi connectivity index (χ1n) is 8.27. The molecule has 22 heavy (non-hydrogen) atoms. The van der Waals surface area contributed by atoms with Gasteiger partial charge in [-0.3, -0.25) is 4.90 Å². The Morgan fingerprint density at radius 2 is 2.14 bits per heavy atom. The van der Waals surface area contributed by atoms with Crippen molar-refractivity contribution in [3.63, 3.8) is 0 Å². The second kappa shape index (κ2) is 6.65. The van der Waals surface area contributed by atoms with Crippen molar-refractivity contribution in [1.29, 1.82) is 0 Å². The van der Waals surface area contributed by atoms with Crippen LogP contribution in [0.4, 0.5) is 10.6 Å². The first-order valence-corrected chi connectivity index (χ1v) is 8.27. The third-order valence-electron chi connectivity index (χ3n) is 4.71. The number of aromatic nitrogens is 1. The van der Waals surface area contributed by atoms with E-state index >= 15 is 0 Å². The van der Waals surface area contributed by atoms with Crippen molar-refractivity contribution >= 4 is 11.9 Å². The van der Waals surface area contributed by atoms with Crippen LogP contribution in [-0.2, 0) is 11.2 Å². The van der Waals surface area contributed by atoms with Gasteiger partial charge in [0.2, 0.25) is 0 Å². The highest BCUT2D eigenvalue weighted by atomic mass is 16.6. The molecule has 0 aromatic carbocycles. The summed E-state index contributed by atoms with van der Waals surface area (Å²) in [5, 5.41) is 3.39. The number of carbonyl (C=O) groups excluding carboxylic acids is 1. The van der Waals surface area contributed by atoms with Gasteiger partial charge in [-0.25, -0.2) is 9.78 Å². The number of nitrogens with one attached hydrogen (secondary N) is 1. The third-order valence-corrected chi connectivity index (χ3v) is 4.71. The second-order valence-electron chi connectivity index (χ2n) is 6.68. The topological polar surface area (TPSA) is 54.5 Å². The maximum Gasteiger partial charge on any atom is 0.415 e. The van der Waals surface area contributed by atoms with E-state index in [2.05, 4.69) is 30.2 Å². The largest absolute Gasteiger partial charge is 0.447 e. The number of amides is 1. The maximum absolute atomic E-state index is 11.9. The third kappa shape index (κ3) is 3.24. The summed E-state index contributed by atoms with van der Waals surface area (Å²) in [5.41, 5.74) is 1.25. The minimum atomic E-state index is -0.280. The summed E-state index contributed by atoms with van der Waals surface area (Å²) in [6.07, 6.45) is 5.18. The van der Waals surface area contributed by atoms with Gasteiger partial charge in [-0.1, -0.05) is 19.9 Å². The number of rotatable bonds is 4. The molecular weight excluding hydrogens is 278 g/mol. The quantitative estimate of drug-likeness (QED) is 0.929. The predicted octanol–water partition coefficient (Wildman–Crippen LogP) is 2.60. The molecule has 2 fully saturated rings. The Kier molecular flexibility index (Phi) is 4.62. The van der Waals surface area contributed by atoms with Gasteiger partial charge in [0.1, 0.15) is 12.4 Å². The van der Waals surface area contributed by atoms with Gasteiger partial charge >= 0.3 is 6.09 Å². The van der Waals surface area contributed by atoms with E-state index in [1.54, 1.807) is 4.90 Å². The Balaban J connectivity index is 1.69. The number of piperidine rings is 1. The van der Waals surface area contributed by atoms with Crippen LogP contribution < -0.4 is 10.2 Å². The zero-order valence-electron chi connectivity index (χ0n) is 13.4. The van der Waals surface area contributed by atoms with E-state index in [1.165, 1.54) is 18.4 Å². The molecule has 5 heteroatoms. The van der Waals surface area contributed by atoms with Crippen molar-refractivity contribution in [1.82, 2.24) is 10.3 Å². The lowest BCUT2D eigenvalue weighted by molar-refractivity contribution is 0.177. The highest BCUT2D eigenvalue weighted by Gasteiger charge is 2.36. The van der Waals surface area contributed by atoms with Gasteiger partial charge < -0.3 is 10.1 Å². The molecule has 1 amide bonds. The summed E-state index contributed by atoms with van der Waals surface area (Å²) in [4.78, 5) is 18.2. The van der Waals surface area contributed by atoms with E-state index in [0.717, 1.165) is 25.4 Å². The van der Waals surface area contributed by atoms with Crippen molar-refractivity contribution in [2.75, 3.05) is 24.6 Å². The lowest BCUT2D eigenvalue weighted by Crippen LogP contribution is -2.37. The summed E-state index contributed by atoms with van der Waals surface area (Å²) in [7, 11) is 0. The Bertz CT molecular complexity index is 509. The van der Waals surface area contributed by atoms with E-state index in [1.807, 2.05) is 12.3 Å². The number of nitrogens with zero attached hydrogens (tertiary/aromatic N) is 2. The standard InChI is InChI=1S/C17H25N3O2/c1-12(2)15-11-22-17(21)20(15)16-4-3-14(10-19-16)9-13-5-7-18-8-6-13/h3-4,10,12-13,15,18H,5-9,11H2,1-2H3. The Morgan fingerprint density at radius 3 is 2.77 bits per heavy atom. The molecule has 1 unspecified atom stereocenters. The first-order chi connectivity index (χ1) is 10.6. The molecule has 5 nitrogen and oxygen atoms in total. The van der Waals surface area contributed by atoms with Crippen LogP contribution in [0, 0.1) is 11.8 Å². The fourth-order valence-electron chi connectivity index (χ4n) is 3.29. The monoisotopic (exact) mass is 303 g/mol. The highest BCUT2D eigenvalue weighted by molar-refractivity contribution is 5.89. The molecule has 1 aromatic heterocycles. The molecule has 2 saturated heterocycles. The van der Waals surface area contributed by atoms with Gasteiger partial charge in [-0.05, 0) is 55.8 Å². The smallest absolute Gasteiger partial charge is 0.415 e. The molecule has 3 rings (SSSR count). The van der Waals surface area contributed by atoms with E-state index < -0.39 is 0 Å². The van der Waals surface area contributed by atoms with Crippen LogP contribution in [0.25, 0.3) is 0 Å². The number of pyridine rings is 1. The summed E-state index contributed by atoms with van der Waals surface area (Å²) < 4.78 is 5.19. The molecular formula is C17H25N3O2. The lowest BCUT2D eigenvalue weighted by Gasteiger charge is -2.24. The molecule has 3 heterocycles. The fourth-order valence-corrected chi connectivity index (χ4v) is 3.29. The molecule has 2 aliphatic heterocycles. The zero-order chi connectivity index (χ0) is 15.5. The molecule has 0 aliphatic carbocycles. The minimum Gasteiger partial charge on any atom is -0.447 e. The summed E-state index contributed by atoms with van der Waals surface area (Å²) in [6, 6.07) is 4.14. The van der Waals surface area contributed by atoms with Gasteiger partial charge in [0.25, 0.3) is 0 Å². The van der Waals surface area contributed by atoms with Crippen LogP contribution in [0.3, 0.4) is 0 Å². The van der Waals surface area contributed by atoms with Crippen LogP contribution >= 0.6 is 0 Å². The zero-order valence-corrected chi connectivity index (χ0v) is 13.4. The Labute approximate surface area is 132 Å². The average molecular weight is 303 g/mol. The van der Waals surface area contributed by atoms with Gasteiger partial charge in [0, 0.05) is 6.20 Å². The fraction of sp³-hybridized carbons (Fsp3) is 0.647. The second-order valence-corrected chi connectivity index (χ2v) is 6.68. The molecule has 0 saturated carbocycles. The number of anilines is 1. The molecule has 2 aliphatic rings. The molecule has 0 spiro atoms. The van der Waals surface area contributed by atoms with Gasteiger partial charge in [-0.15, -0.1) is 0 Å². The van der Waals surface area contributed by atoms with Crippen molar-refractivity contribution < 1.29 is 9.53 Å². The van der Waals surface area contributed by atoms with Crippen molar-refractivity contribution in [3.05, 3.63) is 23.9 Å². The van der Waals surface area contributed by atoms with Crippen molar-refractivity contribution in [2.24, 2.45) is 11.8 Å². The Morgan fingerprint density at radius 1 is 1.36 bits per heavy atom. The Hall–Kier alpha value is -1.62. The van der Waals surface area contributed by atoms with E-state index in [9.17, 15) is 4.79 Å².